The smallest absolute Gasteiger partial charge is 0.411 e. The molecule has 0 aromatic heterocycles. The Kier molecular flexibility index (Phi) is 7.47. The van der Waals surface area contributed by atoms with E-state index in [0.29, 0.717) is 12.3 Å². The minimum absolute atomic E-state index is 0.185. The van der Waals surface area contributed by atoms with Crippen LogP contribution in [-0.2, 0) is 20.9 Å². The second kappa shape index (κ2) is 9.39. The molecule has 0 bridgehead atoms. The van der Waals surface area contributed by atoms with E-state index in [1.165, 1.54) is 12.2 Å². The number of allylic oxidation sites excluding steroid dienone is 2. The fourth-order valence-electron chi connectivity index (χ4n) is 1.54. The van der Waals surface area contributed by atoms with Crippen LogP contribution in [0.3, 0.4) is 0 Å². The number of amides is 1. The molecule has 1 amide bonds. The topological polar surface area (TPSA) is 64.6 Å². The molecular weight excluding hydrogens is 282 g/mol. The van der Waals surface area contributed by atoms with Crippen molar-refractivity contribution in [3.05, 3.63) is 59.3 Å². The molecule has 0 saturated heterocycles. The Balaban J connectivity index is 2.55. The first-order valence-electron chi connectivity index (χ1n) is 7.03. The van der Waals surface area contributed by atoms with Crippen LogP contribution in [0.25, 0.3) is 0 Å². The van der Waals surface area contributed by atoms with Gasteiger partial charge < -0.3 is 9.47 Å². The van der Waals surface area contributed by atoms with E-state index < -0.39 is 12.1 Å². The van der Waals surface area contributed by atoms with Crippen molar-refractivity contribution in [2.75, 3.05) is 6.61 Å². The number of hydrogen-bond donors (Lipinski definition) is 1. The number of alkyl carbamates (subject to hydrolysis) is 1. The van der Waals surface area contributed by atoms with E-state index in [1.54, 1.807) is 6.92 Å². The summed E-state index contributed by atoms with van der Waals surface area (Å²) >= 11 is 0. The van der Waals surface area contributed by atoms with Gasteiger partial charge in [0.25, 0.3) is 0 Å². The van der Waals surface area contributed by atoms with Gasteiger partial charge in [-0.05, 0) is 32.4 Å². The molecule has 0 radical (unpaired) electrons. The van der Waals surface area contributed by atoms with Gasteiger partial charge in [0, 0.05) is 11.8 Å². The predicted molar refractivity (Wildman–Crippen MR) is 83.9 cm³/mol. The summed E-state index contributed by atoms with van der Waals surface area (Å²) in [4.78, 5) is 23.1. The molecule has 1 aromatic carbocycles. The molecule has 0 atom stereocenters. The van der Waals surface area contributed by atoms with Gasteiger partial charge in [0.05, 0.1) is 6.61 Å². The second-order valence-corrected chi connectivity index (χ2v) is 4.69. The lowest BCUT2D eigenvalue weighted by atomic mass is 10.2. The molecule has 0 fully saturated rings. The third-order valence-corrected chi connectivity index (χ3v) is 2.66. The number of benzene rings is 1. The maximum Gasteiger partial charge on any atom is 0.411 e. The number of nitrogens with one attached hydrogen (secondary N) is 1. The summed E-state index contributed by atoms with van der Waals surface area (Å²) in [7, 11) is 0. The zero-order valence-electron chi connectivity index (χ0n) is 13.1. The Labute approximate surface area is 130 Å². The van der Waals surface area contributed by atoms with Crippen LogP contribution < -0.4 is 5.32 Å². The summed E-state index contributed by atoms with van der Waals surface area (Å²) in [5.41, 5.74) is 2.25. The number of carbonyl (C=O) groups excluding carboxylic acids is 2. The van der Waals surface area contributed by atoms with Crippen LogP contribution in [0.4, 0.5) is 4.79 Å². The third kappa shape index (κ3) is 6.74. The van der Waals surface area contributed by atoms with Gasteiger partial charge in [0.1, 0.15) is 6.61 Å². The fourth-order valence-corrected chi connectivity index (χ4v) is 1.54. The highest BCUT2D eigenvalue weighted by atomic mass is 16.5. The van der Waals surface area contributed by atoms with Crippen molar-refractivity contribution in [2.24, 2.45) is 0 Å². The standard InChI is InChI=1S/C17H21NO4/c1-4-21-16(19)11-10-15(13(2)3)18-17(20)22-12-14-8-6-5-7-9-14/h5-11H,4,12H2,1-3H3,(H,18,20)/b11-10+. The fraction of sp³-hybridized carbons (Fsp3) is 0.294. The number of ether oxygens (including phenoxy) is 2. The summed E-state index contributed by atoms with van der Waals surface area (Å²) < 4.78 is 9.92. The molecule has 0 aliphatic heterocycles. The van der Waals surface area contributed by atoms with Gasteiger partial charge >= 0.3 is 12.1 Å². The van der Waals surface area contributed by atoms with E-state index >= 15 is 0 Å². The Morgan fingerprint density at radius 1 is 1.09 bits per heavy atom. The maximum atomic E-state index is 11.8. The monoisotopic (exact) mass is 303 g/mol. The van der Waals surface area contributed by atoms with Gasteiger partial charge in [-0.2, -0.15) is 0 Å². The highest BCUT2D eigenvalue weighted by Crippen LogP contribution is 2.04. The van der Waals surface area contributed by atoms with E-state index in [1.807, 2.05) is 44.2 Å². The molecule has 0 unspecified atom stereocenters. The third-order valence-electron chi connectivity index (χ3n) is 2.66. The molecular formula is C17H21NO4. The van der Waals surface area contributed by atoms with Crippen molar-refractivity contribution >= 4 is 12.1 Å². The molecule has 0 heterocycles. The number of hydrogen-bond acceptors (Lipinski definition) is 4. The average Bonchev–Trinajstić information content (AvgIpc) is 2.50. The van der Waals surface area contributed by atoms with Crippen molar-refractivity contribution in [1.29, 1.82) is 0 Å². The van der Waals surface area contributed by atoms with Crippen molar-refractivity contribution in [1.82, 2.24) is 5.32 Å². The van der Waals surface area contributed by atoms with Gasteiger partial charge in [-0.25, -0.2) is 9.59 Å². The van der Waals surface area contributed by atoms with Gasteiger partial charge in [0.2, 0.25) is 0 Å². The Morgan fingerprint density at radius 3 is 2.36 bits per heavy atom. The Hall–Kier alpha value is -2.56. The van der Waals surface area contributed by atoms with Crippen molar-refractivity contribution in [3.8, 4) is 0 Å². The molecule has 1 rings (SSSR count). The molecule has 0 aliphatic carbocycles. The molecule has 0 spiro atoms. The first-order valence-corrected chi connectivity index (χ1v) is 7.03. The van der Waals surface area contributed by atoms with Gasteiger partial charge in [-0.1, -0.05) is 35.9 Å². The zero-order valence-corrected chi connectivity index (χ0v) is 13.1. The zero-order chi connectivity index (χ0) is 16.4. The van der Waals surface area contributed by atoms with Crippen LogP contribution in [0.15, 0.2) is 53.8 Å². The van der Waals surface area contributed by atoms with Crippen LogP contribution >= 0.6 is 0 Å². The first-order chi connectivity index (χ1) is 10.5. The molecule has 1 aromatic rings. The lowest BCUT2D eigenvalue weighted by Crippen LogP contribution is -2.23. The number of esters is 1. The Bertz CT molecular complexity index is 557. The quantitative estimate of drug-likeness (QED) is 0.497. The summed E-state index contributed by atoms with van der Waals surface area (Å²) in [5, 5.41) is 2.61. The van der Waals surface area contributed by atoms with E-state index in [-0.39, 0.29) is 6.61 Å². The minimum Gasteiger partial charge on any atom is -0.463 e. The molecule has 22 heavy (non-hydrogen) atoms. The summed E-state index contributed by atoms with van der Waals surface area (Å²) in [6, 6.07) is 9.39. The highest BCUT2D eigenvalue weighted by Gasteiger charge is 2.06. The molecule has 0 saturated carbocycles. The summed E-state index contributed by atoms with van der Waals surface area (Å²) in [6.07, 6.45) is 2.19. The van der Waals surface area contributed by atoms with Crippen molar-refractivity contribution < 1.29 is 19.1 Å². The Morgan fingerprint density at radius 2 is 1.77 bits per heavy atom. The minimum atomic E-state index is -0.575. The largest absolute Gasteiger partial charge is 0.463 e. The van der Waals surface area contributed by atoms with Crippen LogP contribution in [-0.4, -0.2) is 18.7 Å². The molecule has 0 aliphatic rings. The summed E-state index contributed by atoms with van der Waals surface area (Å²) in [5.74, 6) is -0.458. The van der Waals surface area contributed by atoms with Crippen LogP contribution in [0.5, 0.6) is 0 Å². The number of rotatable bonds is 6. The highest BCUT2D eigenvalue weighted by molar-refractivity contribution is 5.83. The lowest BCUT2D eigenvalue weighted by molar-refractivity contribution is -0.137. The molecule has 5 nitrogen and oxygen atoms in total. The van der Waals surface area contributed by atoms with Gasteiger partial charge in [0.15, 0.2) is 0 Å². The van der Waals surface area contributed by atoms with Crippen molar-refractivity contribution in [3.63, 3.8) is 0 Å². The van der Waals surface area contributed by atoms with E-state index in [4.69, 9.17) is 9.47 Å². The maximum absolute atomic E-state index is 11.8. The van der Waals surface area contributed by atoms with Crippen LogP contribution in [0, 0.1) is 0 Å². The van der Waals surface area contributed by atoms with E-state index in [2.05, 4.69) is 5.32 Å². The molecule has 118 valence electrons. The van der Waals surface area contributed by atoms with Gasteiger partial charge in [-0.15, -0.1) is 0 Å². The first kappa shape index (κ1) is 17.5. The van der Waals surface area contributed by atoms with Crippen molar-refractivity contribution in [2.45, 2.75) is 27.4 Å². The molecule has 1 N–H and O–H groups in total. The number of carbonyl (C=O) groups is 2. The van der Waals surface area contributed by atoms with Crippen LogP contribution in [0.1, 0.15) is 26.3 Å². The van der Waals surface area contributed by atoms with E-state index in [9.17, 15) is 9.59 Å². The lowest BCUT2D eigenvalue weighted by Gasteiger charge is -2.09. The van der Waals surface area contributed by atoms with Crippen LogP contribution in [0.2, 0.25) is 0 Å². The predicted octanol–water partition coefficient (Wildman–Crippen LogP) is 3.33. The average molecular weight is 303 g/mol. The SMILES string of the molecule is CCOC(=O)/C=C/C(NC(=O)OCc1ccccc1)=C(C)C. The summed E-state index contributed by atoms with van der Waals surface area (Å²) in [6.45, 7) is 5.86. The molecule has 5 heteroatoms. The van der Waals surface area contributed by atoms with Gasteiger partial charge in [-0.3, -0.25) is 5.32 Å². The second-order valence-electron chi connectivity index (χ2n) is 4.69. The normalized spacial score (nSPS) is 10.1. The van der Waals surface area contributed by atoms with E-state index in [0.717, 1.165) is 11.1 Å².